The van der Waals surface area contributed by atoms with Gasteiger partial charge in [-0.05, 0) is 42.3 Å². The standard InChI is InChI=1S/C19H20ClNO4S/c1-25-18-7-3-5-15(11-18)19(22)21(17-8-9-26(23,24)13-17)12-14-4-2-6-16(20)10-14/h2-7,10-11,17H,8-9,12-13H2,1H3/t17-/m1/s1. The first-order chi connectivity index (χ1) is 12.4. The molecule has 5 nitrogen and oxygen atoms in total. The molecule has 1 heterocycles. The van der Waals surface area contributed by atoms with Crippen LogP contribution in [0.25, 0.3) is 0 Å². The number of carbonyl (C=O) groups excluding carboxylic acids is 1. The molecular weight excluding hydrogens is 374 g/mol. The number of rotatable bonds is 5. The molecule has 1 aliphatic heterocycles. The molecule has 3 rings (SSSR count). The zero-order chi connectivity index (χ0) is 18.7. The van der Waals surface area contributed by atoms with Crippen molar-refractivity contribution >= 4 is 27.3 Å². The van der Waals surface area contributed by atoms with Crippen LogP contribution in [0.2, 0.25) is 5.02 Å². The number of amides is 1. The highest BCUT2D eigenvalue weighted by Gasteiger charge is 2.35. The van der Waals surface area contributed by atoms with E-state index in [0.717, 1.165) is 5.56 Å². The number of sulfone groups is 1. The summed E-state index contributed by atoms with van der Waals surface area (Å²) in [6, 6.07) is 13.8. The summed E-state index contributed by atoms with van der Waals surface area (Å²) >= 11 is 6.05. The first-order valence-electron chi connectivity index (χ1n) is 8.28. The van der Waals surface area contributed by atoms with Crippen LogP contribution in [0.5, 0.6) is 5.75 Å². The molecule has 7 heteroatoms. The van der Waals surface area contributed by atoms with Crippen LogP contribution in [0, 0.1) is 0 Å². The molecule has 1 fully saturated rings. The first kappa shape index (κ1) is 18.7. The van der Waals surface area contributed by atoms with E-state index in [1.54, 1.807) is 41.3 Å². The molecule has 0 spiro atoms. The normalized spacial score (nSPS) is 18.5. The summed E-state index contributed by atoms with van der Waals surface area (Å²) in [7, 11) is -1.58. The van der Waals surface area contributed by atoms with Gasteiger partial charge in [-0.3, -0.25) is 4.79 Å². The predicted molar refractivity (Wildman–Crippen MR) is 101 cm³/mol. The van der Waals surface area contributed by atoms with Gasteiger partial charge in [-0.25, -0.2) is 8.42 Å². The van der Waals surface area contributed by atoms with Crippen molar-refractivity contribution < 1.29 is 17.9 Å². The van der Waals surface area contributed by atoms with E-state index in [0.29, 0.717) is 29.3 Å². The number of hydrogen-bond acceptors (Lipinski definition) is 4. The minimum absolute atomic E-state index is 0.0106. The Balaban J connectivity index is 1.92. The second kappa shape index (κ2) is 7.68. The van der Waals surface area contributed by atoms with Crippen molar-refractivity contribution in [2.45, 2.75) is 19.0 Å². The Morgan fingerprint density at radius 1 is 1.23 bits per heavy atom. The van der Waals surface area contributed by atoms with Gasteiger partial charge in [-0.2, -0.15) is 0 Å². The maximum absolute atomic E-state index is 13.1. The van der Waals surface area contributed by atoms with Gasteiger partial charge in [0.2, 0.25) is 0 Å². The van der Waals surface area contributed by atoms with Crippen LogP contribution in [0.4, 0.5) is 0 Å². The van der Waals surface area contributed by atoms with E-state index in [2.05, 4.69) is 0 Å². The maximum Gasteiger partial charge on any atom is 0.254 e. The van der Waals surface area contributed by atoms with Crippen molar-refractivity contribution in [1.82, 2.24) is 4.90 Å². The lowest BCUT2D eigenvalue weighted by Crippen LogP contribution is -2.40. The number of ether oxygens (including phenoxy) is 1. The van der Waals surface area contributed by atoms with E-state index in [-0.39, 0.29) is 23.5 Å². The summed E-state index contributed by atoms with van der Waals surface area (Å²) < 4.78 is 29.1. The summed E-state index contributed by atoms with van der Waals surface area (Å²) in [6.07, 6.45) is 0.443. The topological polar surface area (TPSA) is 63.7 Å². The highest BCUT2D eigenvalue weighted by Crippen LogP contribution is 2.24. The van der Waals surface area contributed by atoms with Crippen LogP contribution < -0.4 is 4.74 Å². The third kappa shape index (κ3) is 4.37. The molecule has 0 radical (unpaired) electrons. The maximum atomic E-state index is 13.1. The summed E-state index contributed by atoms with van der Waals surface area (Å²) in [5.74, 6) is 0.460. The number of nitrogens with zero attached hydrogens (tertiary/aromatic N) is 1. The molecule has 0 aliphatic carbocycles. The van der Waals surface area contributed by atoms with E-state index >= 15 is 0 Å². The minimum Gasteiger partial charge on any atom is -0.497 e. The Morgan fingerprint density at radius 3 is 2.65 bits per heavy atom. The van der Waals surface area contributed by atoms with Crippen molar-refractivity contribution in [3.8, 4) is 5.75 Å². The van der Waals surface area contributed by atoms with Crippen molar-refractivity contribution in [2.75, 3.05) is 18.6 Å². The van der Waals surface area contributed by atoms with E-state index in [1.807, 2.05) is 12.1 Å². The largest absolute Gasteiger partial charge is 0.497 e. The van der Waals surface area contributed by atoms with Crippen molar-refractivity contribution in [2.24, 2.45) is 0 Å². The van der Waals surface area contributed by atoms with Crippen molar-refractivity contribution in [1.29, 1.82) is 0 Å². The van der Waals surface area contributed by atoms with Gasteiger partial charge in [0.05, 0.1) is 18.6 Å². The van der Waals surface area contributed by atoms with E-state index < -0.39 is 9.84 Å². The number of benzene rings is 2. The van der Waals surface area contributed by atoms with Gasteiger partial charge in [-0.15, -0.1) is 0 Å². The fraction of sp³-hybridized carbons (Fsp3) is 0.316. The van der Waals surface area contributed by atoms with E-state index in [4.69, 9.17) is 16.3 Å². The lowest BCUT2D eigenvalue weighted by Gasteiger charge is -2.28. The minimum atomic E-state index is -3.11. The SMILES string of the molecule is COc1cccc(C(=O)N(Cc2cccc(Cl)c2)[C@@H]2CCS(=O)(=O)C2)c1. The van der Waals surface area contributed by atoms with Gasteiger partial charge in [-0.1, -0.05) is 29.8 Å². The molecule has 26 heavy (non-hydrogen) atoms. The molecule has 0 aromatic heterocycles. The van der Waals surface area contributed by atoms with E-state index in [1.165, 1.54) is 7.11 Å². The smallest absolute Gasteiger partial charge is 0.254 e. The second-order valence-corrected chi connectivity index (χ2v) is 9.02. The Hall–Kier alpha value is -2.05. The van der Waals surface area contributed by atoms with Gasteiger partial charge in [0, 0.05) is 23.2 Å². The predicted octanol–water partition coefficient (Wildman–Crippen LogP) is 3.18. The Kier molecular flexibility index (Phi) is 5.53. The average molecular weight is 394 g/mol. The van der Waals surface area contributed by atoms with Gasteiger partial charge in [0.15, 0.2) is 9.84 Å². The molecule has 0 bridgehead atoms. The third-order valence-corrected chi connectivity index (χ3v) is 6.45. The van der Waals surface area contributed by atoms with Crippen LogP contribution >= 0.6 is 11.6 Å². The molecule has 2 aromatic carbocycles. The lowest BCUT2D eigenvalue weighted by molar-refractivity contribution is 0.0680. The second-order valence-electron chi connectivity index (χ2n) is 6.35. The molecule has 1 amide bonds. The van der Waals surface area contributed by atoms with Crippen LogP contribution in [-0.2, 0) is 16.4 Å². The molecule has 1 saturated heterocycles. The lowest BCUT2D eigenvalue weighted by atomic mass is 10.1. The Bertz CT molecular complexity index is 913. The van der Waals surface area contributed by atoms with Crippen LogP contribution in [0.1, 0.15) is 22.3 Å². The molecule has 0 N–H and O–H groups in total. The quantitative estimate of drug-likeness (QED) is 0.782. The number of methoxy groups -OCH3 is 1. The summed E-state index contributed by atoms with van der Waals surface area (Å²) in [6.45, 7) is 0.302. The Labute approximate surface area is 158 Å². The van der Waals surface area contributed by atoms with Gasteiger partial charge in [0.1, 0.15) is 5.75 Å². The third-order valence-electron chi connectivity index (χ3n) is 4.47. The van der Waals surface area contributed by atoms with Crippen LogP contribution in [0.3, 0.4) is 0 Å². The van der Waals surface area contributed by atoms with Gasteiger partial charge in [0.25, 0.3) is 5.91 Å². The summed E-state index contributed by atoms with van der Waals surface area (Å²) in [4.78, 5) is 14.8. The molecule has 138 valence electrons. The van der Waals surface area contributed by atoms with Gasteiger partial charge >= 0.3 is 0 Å². The fourth-order valence-electron chi connectivity index (χ4n) is 3.14. The highest BCUT2D eigenvalue weighted by atomic mass is 35.5. The molecule has 2 aromatic rings. The average Bonchev–Trinajstić information content (AvgIpc) is 2.99. The summed E-state index contributed by atoms with van der Waals surface area (Å²) in [5, 5.41) is 0.579. The van der Waals surface area contributed by atoms with Crippen molar-refractivity contribution in [3.63, 3.8) is 0 Å². The first-order valence-corrected chi connectivity index (χ1v) is 10.5. The van der Waals surface area contributed by atoms with E-state index in [9.17, 15) is 13.2 Å². The number of halogens is 1. The molecule has 1 atom stereocenters. The highest BCUT2D eigenvalue weighted by molar-refractivity contribution is 7.91. The Morgan fingerprint density at radius 2 is 2.00 bits per heavy atom. The van der Waals surface area contributed by atoms with Crippen LogP contribution in [-0.4, -0.2) is 43.9 Å². The molecular formula is C19H20ClNO4S. The zero-order valence-corrected chi connectivity index (χ0v) is 16.0. The van der Waals surface area contributed by atoms with Crippen LogP contribution in [0.15, 0.2) is 48.5 Å². The molecule has 0 unspecified atom stereocenters. The molecule has 0 saturated carbocycles. The van der Waals surface area contributed by atoms with Crippen molar-refractivity contribution in [3.05, 3.63) is 64.7 Å². The van der Waals surface area contributed by atoms with Gasteiger partial charge < -0.3 is 9.64 Å². The number of hydrogen-bond donors (Lipinski definition) is 0. The molecule has 1 aliphatic rings. The fourth-order valence-corrected chi connectivity index (χ4v) is 5.09. The monoisotopic (exact) mass is 393 g/mol. The zero-order valence-electron chi connectivity index (χ0n) is 14.4. The summed E-state index contributed by atoms with van der Waals surface area (Å²) in [5.41, 5.74) is 1.33. The number of carbonyl (C=O) groups is 1.